The fraction of sp³-hybridized carbons (Fsp3) is 0.727. The number of nitrogens with zero attached hydrogens (tertiary/aromatic N) is 2. The molecule has 18 heavy (non-hydrogen) atoms. The van der Waals surface area contributed by atoms with E-state index in [0.29, 0.717) is 23.6 Å². The van der Waals surface area contributed by atoms with Gasteiger partial charge in [-0.15, -0.1) is 10.2 Å². The molecule has 1 heterocycles. The molecule has 0 unspecified atom stereocenters. The van der Waals surface area contributed by atoms with E-state index in [1.807, 2.05) is 0 Å². The van der Waals surface area contributed by atoms with E-state index < -0.39 is 0 Å². The van der Waals surface area contributed by atoms with Crippen LogP contribution >= 0.6 is 11.8 Å². The maximum absolute atomic E-state index is 11.2. The third kappa shape index (κ3) is 5.05. The zero-order chi connectivity index (χ0) is 13.5. The fourth-order valence-corrected chi connectivity index (χ4v) is 2.00. The first-order valence-corrected chi connectivity index (χ1v) is 6.96. The molecule has 7 heteroatoms. The average Bonchev–Trinajstić information content (AvgIpc) is 2.74. The van der Waals surface area contributed by atoms with Crippen molar-refractivity contribution in [3.8, 4) is 0 Å². The summed E-state index contributed by atoms with van der Waals surface area (Å²) in [7, 11) is 0. The van der Waals surface area contributed by atoms with E-state index in [0.717, 1.165) is 6.42 Å². The first-order chi connectivity index (χ1) is 8.52. The number of carbonyl (C=O) groups is 1. The minimum Gasteiger partial charge on any atom is -0.465 e. The molecule has 0 aliphatic rings. The van der Waals surface area contributed by atoms with E-state index in [1.165, 1.54) is 11.8 Å². The van der Waals surface area contributed by atoms with Crippen molar-refractivity contribution in [2.75, 3.05) is 12.4 Å². The van der Waals surface area contributed by atoms with Crippen LogP contribution in [0.15, 0.2) is 9.64 Å². The number of rotatable bonds is 7. The highest BCUT2D eigenvalue weighted by atomic mass is 32.2. The molecule has 1 aromatic heterocycles. The highest BCUT2D eigenvalue weighted by Gasteiger charge is 2.19. The van der Waals surface area contributed by atoms with Gasteiger partial charge >= 0.3 is 5.97 Å². The van der Waals surface area contributed by atoms with E-state index >= 15 is 0 Å². The zero-order valence-corrected chi connectivity index (χ0v) is 11.8. The summed E-state index contributed by atoms with van der Waals surface area (Å²) in [5.74, 6) is 0.947. The summed E-state index contributed by atoms with van der Waals surface area (Å²) in [5.41, 5.74) is 3.99. The minimum atomic E-state index is -0.282. The molecule has 0 fully saturated rings. The van der Waals surface area contributed by atoms with E-state index in [4.69, 9.17) is 9.15 Å². The Balaban J connectivity index is 2.45. The first-order valence-electron chi connectivity index (χ1n) is 5.97. The Kier molecular flexibility index (Phi) is 6.14. The highest BCUT2D eigenvalue weighted by Crippen LogP contribution is 2.21. The number of thioether (sulfide) groups is 1. The predicted octanol–water partition coefficient (Wildman–Crippen LogP) is 1.05. The second-order valence-electron chi connectivity index (χ2n) is 4.33. The van der Waals surface area contributed by atoms with Crippen molar-refractivity contribution in [2.24, 2.45) is 5.92 Å². The maximum atomic E-state index is 11.2. The Labute approximate surface area is 111 Å². The van der Waals surface area contributed by atoms with Gasteiger partial charge in [-0.25, -0.2) is 0 Å². The number of hydrogen-bond donors (Lipinski definition) is 1. The standard InChI is InChI=1S/C11H19N3O3S/c1-4-16-9(15)6-18-11-14-13-10(17-11)8(12)5-7(2)3/h7-8H,4-6,12H2,1-3H3/p+1/t8-/m0/s1. The topological polar surface area (TPSA) is 92.9 Å². The van der Waals surface area contributed by atoms with Gasteiger partial charge in [-0.2, -0.15) is 0 Å². The summed E-state index contributed by atoms with van der Waals surface area (Å²) >= 11 is 1.18. The molecule has 0 saturated carbocycles. The number of aromatic nitrogens is 2. The molecular weight excluding hydrogens is 254 g/mol. The third-order valence-electron chi connectivity index (χ3n) is 2.15. The van der Waals surface area contributed by atoms with Crippen molar-refractivity contribution < 1.29 is 19.7 Å². The molecule has 0 aliphatic carbocycles. The molecule has 0 spiro atoms. The van der Waals surface area contributed by atoms with Crippen molar-refractivity contribution in [2.45, 2.75) is 38.5 Å². The number of hydrogen-bond acceptors (Lipinski definition) is 6. The van der Waals surface area contributed by atoms with Crippen molar-refractivity contribution in [1.82, 2.24) is 10.2 Å². The molecule has 0 amide bonds. The number of carbonyl (C=O) groups excluding carboxylic acids is 1. The summed E-state index contributed by atoms with van der Waals surface area (Å²) in [6.45, 7) is 6.38. The van der Waals surface area contributed by atoms with Crippen molar-refractivity contribution in [1.29, 1.82) is 0 Å². The lowest BCUT2D eigenvalue weighted by molar-refractivity contribution is -0.435. The molecule has 102 valence electrons. The Hall–Kier alpha value is -1.08. The molecule has 0 bridgehead atoms. The first kappa shape index (κ1) is 15.0. The Morgan fingerprint density at radius 2 is 2.22 bits per heavy atom. The van der Waals surface area contributed by atoms with Crippen LogP contribution in [0.25, 0.3) is 0 Å². The summed E-state index contributed by atoms with van der Waals surface area (Å²) in [4.78, 5) is 11.2. The summed E-state index contributed by atoms with van der Waals surface area (Å²) in [5, 5.41) is 8.20. The maximum Gasteiger partial charge on any atom is 0.316 e. The average molecular weight is 274 g/mol. The Bertz CT molecular complexity index is 381. The van der Waals surface area contributed by atoms with Gasteiger partial charge in [0.1, 0.15) is 5.75 Å². The van der Waals surface area contributed by atoms with Gasteiger partial charge < -0.3 is 14.9 Å². The predicted molar refractivity (Wildman–Crippen MR) is 66.7 cm³/mol. The Morgan fingerprint density at radius 1 is 1.50 bits per heavy atom. The number of ether oxygens (including phenoxy) is 1. The second kappa shape index (κ2) is 7.38. The third-order valence-corrected chi connectivity index (χ3v) is 2.94. The molecule has 0 saturated heterocycles. The molecule has 3 N–H and O–H groups in total. The molecule has 0 radical (unpaired) electrons. The van der Waals surface area contributed by atoms with Crippen LogP contribution in [0, 0.1) is 5.92 Å². The van der Waals surface area contributed by atoms with Gasteiger partial charge in [-0.1, -0.05) is 25.6 Å². The largest absolute Gasteiger partial charge is 0.465 e. The van der Waals surface area contributed by atoms with E-state index in [1.54, 1.807) is 6.92 Å². The number of quaternary nitrogens is 1. The van der Waals surface area contributed by atoms with E-state index in [-0.39, 0.29) is 17.8 Å². The summed E-state index contributed by atoms with van der Waals surface area (Å²) in [6.07, 6.45) is 0.893. The lowest BCUT2D eigenvalue weighted by Crippen LogP contribution is -2.54. The smallest absolute Gasteiger partial charge is 0.316 e. The van der Waals surface area contributed by atoms with Crippen molar-refractivity contribution in [3.05, 3.63) is 5.89 Å². The molecule has 1 aromatic rings. The van der Waals surface area contributed by atoms with Gasteiger partial charge in [0, 0.05) is 6.42 Å². The van der Waals surface area contributed by atoms with E-state index in [2.05, 4.69) is 29.8 Å². The normalized spacial score (nSPS) is 12.7. The lowest BCUT2D eigenvalue weighted by Gasteiger charge is -2.05. The van der Waals surface area contributed by atoms with Crippen molar-refractivity contribution >= 4 is 17.7 Å². The van der Waals surface area contributed by atoms with Crippen LogP contribution < -0.4 is 5.73 Å². The van der Waals surface area contributed by atoms with Gasteiger partial charge in [0.25, 0.3) is 11.1 Å². The van der Waals surface area contributed by atoms with Crippen LogP contribution in [0.2, 0.25) is 0 Å². The van der Waals surface area contributed by atoms with Crippen LogP contribution in [0.1, 0.15) is 39.1 Å². The van der Waals surface area contributed by atoms with Gasteiger partial charge in [0.05, 0.1) is 6.61 Å². The van der Waals surface area contributed by atoms with Gasteiger partial charge in [-0.05, 0) is 12.8 Å². The van der Waals surface area contributed by atoms with Crippen LogP contribution in [0.4, 0.5) is 0 Å². The SMILES string of the molecule is CCOC(=O)CSc1nnc([C@@H]([NH3+])CC(C)C)o1. The Morgan fingerprint density at radius 3 is 2.83 bits per heavy atom. The molecule has 0 aromatic carbocycles. The van der Waals surface area contributed by atoms with Crippen molar-refractivity contribution in [3.63, 3.8) is 0 Å². The quantitative estimate of drug-likeness (QED) is 0.590. The molecule has 1 rings (SSSR count). The van der Waals surface area contributed by atoms with Gasteiger partial charge in [0.2, 0.25) is 0 Å². The number of esters is 1. The van der Waals surface area contributed by atoms with Gasteiger partial charge in [0.15, 0.2) is 6.04 Å². The van der Waals surface area contributed by atoms with Gasteiger partial charge in [-0.3, -0.25) is 4.79 Å². The summed E-state index contributed by atoms with van der Waals surface area (Å²) in [6, 6.07) is -0.00515. The molecule has 0 aliphatic heterocycles. The van der Waals surface area contributed by atoms with Crippen LogP contribution in [-0.2, 0) is 9.53 Å². The molecule has 1 atom stereocenters. The molecular formula is C11H20N3O3S+. The summed E-state index contributed by atoms with van der Waals surface area (Å²) < 4.78 is 10.3. The minimum absolute atomic E-state index is 0.00515. The lowest BCUT2D eigenvalue weighted by atomic mass is 10.1. The van der Waals surface area contributed by atoms with Crippen LogP contribution in [-0.4, -0.2) is 28.5 Å². The van der Waals surface area contributed by atoms with Crippen LogP contribution in [0.5, 0.6) is 0 Å². The van der Waals surface area contributed by atoms with E-state index in [9.17, 15) is 4.79 Å². The molecule has 6 nitrogen and oxygen atoms in total. The monoisotopic (exact) mass is 274 g/mol. The highest BCUT2D eigenvalue weighted by molar-refractivity contribution is 7.99. The zero-order valence-electron chi connectivity index (χ0n) is 11.0. The second-order valence-corrected chi connectivity index (χ2v) is 5.25. The van der Waals surface area contributed by atoms with Crippen LogP contribution in [0.3, 0.4) is 0 Å². The fourth-order valence-electron chi connectivity index (χ4n) is 1.44.